The first-order valence-electron chi connectivity index (χ1n) is 22.1. The third-order valence-electron chi connectivity index (χ3n) is 10.3. The largest absolute Gasteiger partial charge is 0.469 e. The molecule has 0 amide bonds. The molecular weight excluding hydrogens is 675 g/mol. The Bertz CT molecular complexity index is 845. The van der Waals surface area contributed by atoms with Gasteiger partial charge in [0.2, 0.25) is 0 Å². The molecule has 1 unspecified atom stereocenters. The number of carbonyl (C=O) groups excluding carboxylic acids is 2. The van der Waals surface area contributed by atoms with Crippen LogP contribution in [0.5, 0.6) is 0 Å². The zero-order valence-corrected chi connectivity index (χ0v) is 35.5. The average molecular weight is 761 g/mol. The van der Waals surface area contributed by atoms with E-state index < -0.39 is 32.5 Å². The maximum Gasteiger partial charge on any atom is 0.469 e. The van der Waals surface area contributed by atoms with Gasteiger partial charge in [-0.25, -0.2) is 4.57 Å². The fourth-order valence-corrected chi connectivity index (χ4v) is 7.01. The zero-order valence-electron chi connectivity index (χ0n) is 34.6. The summed E-state index contributed by atoms with van der Waals surface area (Å²) in [5, 5.41) is 0. The zero-order chi connectivity index (χ0) is 38.5. The number of ether oxygens (including phenoxy) is 2. The van der Waals surface area contributed by atoms with Crippen molar-refractivity contribution in [3.05, 3.63) is 0 Å². The van der Waals surface area contributed by atoms with Crippen LogP contribution in [0.3, 0.4) is 0 Å². The summed E-state index contributed by atoms with van der Waals surface area (Å²) in [6.45, 7) is 8.43. The van der Waals surface area contributed by atoms with Gasteiger partial charge in [-0.3, -0.25) is 14.1 Å². The van der Waals surface area contributed by atoms with E-state index in [0.717, 1.165) is 50.4 Å². The number of unbranched alkanes of at least 4 members (excludes halogenated alkanes) is 25. The van der Waals surface area contributed by atoms with Crippen LogP contribution in [0, 0.1) is 11.8 Å². The van der Waals surface area contributed by atoms with Crippen LogP contribution in [-0.4, -0.2) is 41.0 Å². The monoisotopic (exact) mass is 761 g/mol. The highest BCUT2D eigenvalue weighted by Crippen LogP contribution is 2.36. The molecule has 0 aromatic carbocycles. The van der Waals surface area contributed by atoms with E-state index in [0.29, 0.717) is 6.42 Å². The fraction of sp³-hybridized carbons (Fsp3) is 0.953. The quantitative estimate of drug-likeness (QED) is 0.0360. The van der Waals surface area contributed by atoms with Gasteiger partial charge >= 0.3 is 19.8 Å². The maximum atomic E-state index is 12.4. The minimum atomic E-state index is -4.75. The van der Waals surface area contributed by atoms with Gasteiger partial charge in [0, 0.05) is 12.8 Å². The standard InChI is InChI=1S/C43H85O8P/c1-5-40(4)34-30-26-22-18-14-10-6-7-11-15-19-23-27-31-35-42(44)49-37-41(38-50-52(46,47)48)51-43(45)36-32-28-24-20-16-12-8-9-13-17-21-25-29-33-39(2)3/h39-41H,5-38H2,1-4H3,(H2,46,47,48)/t40?,41-/m1/s1. The highest BCUT2D eigenvalue weighted by Gasteiger charge is 2.23. The minimum absolute atomic E-state index is 0.219. The molecule has 52 heavy (non-hydrogen) atoms. The molecule has 310 valence electrons. The average Bonchev–Trinajstić information content (AvgIpc) is 3.10. The van der Waals surface area contributed by atoms with Crippen LogP contribution in [0.1, 0.15) is 233 Å². The summed E-state index contributed by atoms with van der Waals surface area (Å²) < 4.78 is 26.4. The molecule has 8 nitrogen and oxygen atoms in total. The number of phosphoric acid groups is 1. The summed E-state index contributed by atoms with van der Waals surface area (Å²) in [6, 6.07) is 0. The first-order chi connectivity index (χ1) is 25.0. The maximum absolute atomic E-state index is 12.4. The Balaban J connectivity index is 3.85. The third kappa shape index (κ3) is 40.2. The molecule has 0 aliphatic rings. The summed E-state index contributed by atoms with van der Waals surface area (Å²) in [4.78, 5) is 42.9. The molecule has 0 saturated heterocycles. The molecule has 0 rings (SSSR count). The second-order valence-corrected chi connectivity index (χ2v) is 17.4. The predicted octanol–water partition coefficient (Wildman–Crippen LogP) is 13.3. The van der Waals surface area contributed by atoms with E-state index in [9.17, 15) is 14.2 Å². The van der Waals surface area contributed by atoms with Gasteiger partial charge in [-0.2, -0.15) is 0 Å². The first kappa shape index (κ1) is 51.0. The number of hydrogen-bond donors (Lipinski definition) is 2. The molecule has 0 radical (unpaired) electrons. The van der Waals surface area contributed by atoms with Crippen molar-refractivity contribution >= 4 is 19.8 Å². The molecule has 0 aromatic rings. The van der Waals surface area contributed by atoms with E-state index in [1.807, 2.05) is 0 Å². The van der Waals surface area contributed by atoms with Crippen LogP contribution in [0.2, 0.25) is 0 Å². The lowest BCUT2D eigenvalue weighted by molar-refractivity contribution is -0.161. The van der Waals surface area contributed by atoms with Crippen molar-refractivity contribution < 1.29 is 37.9 Å². The normalized spacial score (nSPS) is 13.1. The van der Waals surface area contributed by atoms with Gasteiger partial charge in [-0.15, -0.1) is 0 Å². The summed E-state index contributed by atoms with van der Waals surface area (Å²) in [6.07, 6.45) is 36.8. The van der Waals surface area contributed by atoms with Gasteiger partial charge in [0.1, 0.15) is 6.61 Å². The summed E-state index contributed by atoms with van der Waals surface area (Å²) in [5.41, 5.74) is 0. The van der Waals surface area contributed by atoms with Crippen LogP contribution >= 0.6 is 7.82 Å². The van der Waals surface area contributed by atoms with Crippen molar-refractivity contribution in [2.75, 3.05) is 13.2 Å². The Morgan fingerprint density at radius 1 is 0.500 bits per heavy atom. The molecule has 0 aliphatic carbocycles. The van der Waals surface area contributed by atoms with Gasteiger partial charge in [0.05, 0.1) is 6.61 Å². The number of esters is 2. The first-order valence-corrected chi connectivity index (χ1v) is 23.6. The van der Waals surface area contributed by atoms with Crippen molar-refractivity contribution in [1.29, 1.82) is 0 Å². The number of carbonyl (C=O) groups is 2. The highest BCUT2D eigenvalue weighted by molar-refractivity contribution is 7.46. The lowest BCUT2D eigenvalue weighted by Gasteiger charge is -2.18. The SMILES string of the molecule is CCC(C)CCCCCCCCCCCCCCCCC(=O)OC[C@H](COP(=O)(O)O)OC(=O)CCCCCCCCCCCCCCCC(C)C. The van der Waals surface area contributed by atoms with E-state index in [-0.39, 0.29) is 19.4 Å². The van der Waals surface area contributed by atoms with Crippen molar-refractivity contribution in [1.82, 2.24) is 0 Å². The molecule has 0 aliphatic heterocycles. The number of phosphoric ester groups is 1. The summed E-state index contributed by atoms with van der Waals surface area (Å²) in [5.74, 6) is 0.839. The number of rotatable bonds is 40. The lowest BCUT2D eigenvalue weighted by Crippen LogP contribution is -2.29. The van der Waals surface area contributed by atoms with Crippen LogP contribution in [0.15, 0.2) is 0 Å². The van der Waals surface area contributed by atoms with E-state index in [2.05, 4.69) is 32.2 Å². The Labute approximate surface area is 321 Å². The molecule has 0 aromatic heterocycles. The Hall–Kier alpha value is -0.950. The molecule has 0 saturated carbocycles. The Kier molecular flexibility index (Phi) is 36.3. The molecule has 0 fully saturated rings. The van der Waals surface area contributed by atoms with Gasteiger partial charge in [0.25, 0.3) is 0 Å². The van der Waals surface area contributed by atoms with E-state index in [4.69, 9.17) is 19.3 Å². The molecule has 0 bridgehead atoms. The molecule has 0 spiro atoms. The Morgan fingerprint density at radius 2 is 0.846 bits per heavy atom. The molecule has 2 atom stereocenters. The van der Waals surface area contributed by atoms with E-state index in [1.54, 1.807) is 0 Å². The van der Waals surface area contributed by atoms with Crippen LogP contribution in [-0.2, 0) is 28.2 Å². The van der Waals surface area contributed by atoms with Crippen molar-refractivity contribution in [2.45, 2.75) is 239 Å². The van der Waals surface area contributed by atoms with E-state index >= 15 is 0 Å². The molecule has 0 heterocycles. The third-order valence-corrected chi connectivity index (χ3v) is 10.8. The second kappa shape index (κ2) is 37.0. The van der Waals surface area contributed by atoms with Crippen molar-refractivity contribution in [2.24, 2.45) is 11.8 Å². The lowest BCUT2D eigenvalue weighted by atomic mass is 9.99. The Morgan fingerprint density at radius 3 is 1.21 bits per heavy atom. The predicted molar refractivity (Wildman–Crippen MR) is 216 cm³/mol. The van der Waals surface area contributed by atoms with Gasteiger partial charge in [-0.1, -0.05) is 207 Å². The molecular formula is C43H85O8P. The van der Waals surface area contributed by atoms with Gasteiger partial charge in [-0.05, 0) is 24.7 Å². The summed E-state index contributed by atoms with van der Waals surface area (Å²) >= 11 is 0. The fourth-order valence-electron chi connectivity index (χ4n) is 6.65. The van der Waals surface area contributed by atoms with Crippen LogP contribution < -0.4 is 0 Å². The second-order valence-electron chi connectivity index (χ2n) is 16.1. The smallest absolute Gasteiger partial charge is 0.462 e. The minimum Gasteiger partial charge on any atom is -0.462 e. The van der Waals surface area contributed by atoms with Crippen LogP contribution in [0.25, 0.3) is 0 Å². The summed E-state index contributed by atoms with van der Waals surface area (Å²) in [7, 11) is -4.75. The molecule has 2 N–H and O–H groups in total. The van der Waals surface area contributed by atoms with Gasteiger partial charge in [0.15, 0.2) is 6.10 Å². The van der Waals surface area contributed by atoms with E-state index in [1.165, 1.54) is 148 Å². The highest BCUT2D eigenvalue weighted by atomic mass is 31.2. The van der Waals surface area contributed by atoms with Gasteiger partial charge < -0.3 is 19.3 Å². The van der Waals surface area contributed by atoms with Crippen molar-refractivity contribution in [3.63, 3.8) is 0 Å². The number of hydrogen-bond acceptors (Lipinski definition) is 6. The topological polar surface area (TPSA) is 119 Å². The molecule has 9 heteroatoms. The van der Waals surface area contributed by atoms with Crippen LogP contribution in [0.4, 0.5) is 0 Å². The van der Waals surface area contributed by atoms with Crippen molar-refractivity contribution in [3.8, 4) is 0 Å².